The third-order valence-corrected chi connectivity index (χ3v) is 18.6. The highest BCUT2D eigenvalue weighted by atomic mass is 16.5. The first-order valence-electron chi connectivity index (χ1n) is 33.9. The number of carbonyl (C=O) groups is 6. The second-order valence-electron chi connectivity index (χ2n) is 25.7. The molecule has 7 aliphatic rings. The standard InChI is InChI=1S/2C22H26N2O3.3C9H8O3.C9H6O3/c2*1-23(22(26)21-13-17-9-5-6-10-20(17)27-21)19(16-7-3-2-4-8-16)15-24-12-11-18(25)14-24;4*10-9(11)8-5-6-3-1-2-4-7(6)12-8/h2*2-10,18-19,21,25H,11-15H2,1H3;3*1-4,8H,5H2,(H,10,11);1-5H,(H,10,11)/t18-,19+,21+;18-,19+,21-;2*8-;;/m0010../s1. The molecule has 0 spiro atoms. The van der Waals surface area contributed by atoms with Gasteiger partial charge < -0.3 is 68.5 Å². The number of likely N-dealkylation sites (N-methyl/N-ethyl adjacent to an activating group) is 2. The van der Waals surface area contributed by atoms with Crippen molar-refractivity contribution in [3.8, 4) is 28.7 Å². The first-order chi connectivity index (χ1) is 49.3. The number of aliphatic hydroxyl groups excluding tert-OH is 2. The minimum atomic E-state index is -1.04. The molecule has 102 heavy (non-hydrogen) atoms. The Hall–Kier alpha value is -11.0. The number of carboxylic acid groups (broad SMARTS) is 4. The van der Waals surface area contributed by atoms with Crippen molar-refractivity contribution in [1.82, 2.24) is 19.6 Å². The van der Waals surface area contributed by atoms with E-state index in [1.807, 2.05) is 176 Å². The molecule has 2 fully saturated rings. The monoisotopic (exact) mass is 1390 g/mol. The Morgan fingerprint density at radius 3 is 0.990 bits per heavy atom. The zero-order chi connectivity index (χ0) is 71.8. The van der Waals surface area contributed by atoms with Crippen molar-refractivity contribution in [3.05, 3.63) is 257 Å². The summed E-state index contributed by atoms with van der Waals surface area (Å²) >= 11 is 0. The number of furan rings is 1. The number of para-hydroxylation sites is 6. The van der Waals surface area contributed by atoms with E-state index in [2.05, 4.69) is 34.1 Å². The van der Waals surface area contributed by atoms with Gasteiger partial charge in [-0.3, -0.25) is 19.4 Å². The number of likely N-dealkylation sites (tertiary alicyclic amines) is 2. The average molecular weight is 1390 g/mol. The number of aliphatic carboxylic acids is 3. The first-order valence-corrected chi connectivity index (χ1v) is 33.9. The summed E-state index contributed by atoms with van der Waals surface area (Å²) in [6, 6.07) is 66.6. The zero-order valence-corrected chi connectivity index (χ0v) is 56.5. The van der Waals surface area contributed by atoms with Crippen molar-refractivity contribution in [2.75, 3.05) is 53.4 Å². The summed E-state index contributed by atoms with van der Waals surface area (Å²) in [5.41, 5.74) is 7.91. The van der Waals surface area contributed by atoms with Crippen molar-refractivity contribution in [1.29, 1.82) is 0 Å². The van der Waals surface area contributed by atoms with E-state index in [-0.39, 0.29) is 41.9 Å². The number of amides is 2. The Balaban J connectivity index is 0.000000129. The molecular formula is C80H82N4O18. The van der Waals surface area contributed by atoms with Crippen LogP contribution < -0.4 is 23.7 Å². The normalized spacial score (nSPS) is 20.3. The predicted molar refractivity (Wildman–Crippen MR) is 377 cm³/mol. The number of hydrogen-bond donors (Lipinski definition) is 6. The number of hydrogen-bond acceptors (Lipinski definition) is 16. The highest BCUT2D eigenvalue weighted by Crippen LogP contribution is 2.35. The van der Waals surface area contributed by atoms with Gasteiger partial charge in [0, 0.05) is 90.9 Å². The molecule has 16 rings (SSSR count). The summed E-state index contributed by atoms with van der Waals surface area (Å²) in [5.74, 6) is -0.0309. The van der Waals surface area contributed by atoms with Crippen LogP contribution in [0.25, 0.3) is 11.0 Å². The minimum absolute atomic E-state index is 0.000187. The summed E-state index contributed by atoms with van der Waals surface area (Å²) in [5, 5.41) is 55.1. The lowest BCUT2D eigenvalue weighted by Crippen LogP contribution is -2.44. The number of aliphatic hydroxyl groups is 2. The number of aromatic carboxylic acids is 1. The van der Waals surface area contributed by atoms with Crippen LogP contribution in [0, 0.1) is 0 Å². The number of nitrogens with zero attached hydrogens (tertiary/aromatic N) is 4. The topological polar surface area (TPSA) is 296 Å². The number of carboxylic acids is 4. The molecule has 6 N–H and O–H groups in total. The molecule has 7 aliphatic heterocycles. The fraction of sp³-hybridized carbons (Fsp3) is 0.300. The molecule has 9 aromatic rings. The van der Waals surface area contributed by atoms with Crippen LogP contribution >= 0.6 is 0 Å². The van der Waals surface area contributed by atoms with E-state index in [1.54, 1.807) is 30.3 Å². The van der Waals surface area contributed by atoms with E-state index < -0.39 is 54.4 Å². The Morgan fingerprint density at radius 1 is 0.402 bits per heavy atom. The van der Waals surface area contributed by atoms with Crippen LogP contribution in [0.2, 0.25) is 0 Å². The fourth-order valence-corrected chi connectivity index (χ4v) is 13.1. The molecule has 530 valence electrons. The van der Waals surface area contributed by atoms with E-state index >= 15 is 0 Å². The number of rotatable bonds is 14. The predicted octanol–water partition coefficient (Wildman–Crippen LogP) is 9.87. The maximum absolute atomic E-state index is 13.2. The molecule has 1 aromatic heterocycles. The van der Waals surface area contributed by atoms with Gasteiger partial charge in [0.1, 0.15) is 34.3 Å². The molecule has 22 heteroatoms. The lowest BCUT2D eigenvalue weighted by Gasteiger charge is -2.33. The van der Waals surface area contributed by atoms with Gasteiger partial charge in [-0.1, -0.05) is 170 Å². The third kappa shape index (κ3) is 18.5. The quantitative estimate of drug-likeness (QED) is 0.0590. The maximum atomic E-state index is 13.2. The number of fused-ring (bicyclic) bond motifs is 6. The van der Waals surface area contributed by atoms with Crippen LogP contribution in [-0.4, -0.2) is 182 Å². The smallest absolute Gasteiger partial charge is 0.371 e. The number of ether oxygens (including phenoxy) is 5. The number of carbonyl (C=O) groups excluding carboxylic acids is 2. The summed E-state index contributed by atoms with van der Waals surface area (Å²) in [6.45, 7) is 4.47. The summed E-state index contributed by atoms with van der Waals surface area (Å²) < 4.78 is 32.4. The van der Waals surface area contributed by atoms with Crippen molar-refractivity contribution < 1.29 is 87.5 Å². The van der Waals surface area contributed by atoms with Gasteiger partial charge in [-0.2, -0.15) is 0 Å². The van der Waals surface area contributed by atoms with Gasteiger partial charge in [-0.25, -0.2) is 19.2 Å². The van der Waals surface area contributed by atoms with E-state index in [0.717, 1.165) is 81.8 Å². The average Bonchev–Trinajstić information content (AvgIpc) is 1.58. The van der Waals surface area contributed by atoms with Crippen LogP contribution in [0.5, 0.6) is 28.7 Å². The van der Waals surface area contributed by atoms with Gasteiger partial charge in [0.25, 0.3) is 11.8 Å². The maximum Gasteiger partial charge on any atom is 0.371 e. The molecule has 22 nitrogen and oxygen atoms in total. The summed E-state index contributed by atoms with van der Waals surface area (Å²) in [7, 11) is 3.72. The summed E-state index contributed by atoms with van der Waals surface area (Å²) in [6.07, 6.45) is 0.693. The van der Waals surface area contributed by atoms with E-state index in [4.69, 9.17) is 48.5 Å². The van der Waals surface area contributed by atoms with E-state index in [9.17, 15) is 39.0 Å². The van der Waals surface area contributed by atoms with E-state index in [1.165, 1.54) is 6.07 Å². The molecule has 1 unspecified atom stereocenters. The molecule has 8 heterocycles. The third-order valence-electron chi connectivity index (χ3n) is 18.6. The minimum Gasteiger partial charge on any atom is -0.480 e. The lowest BCUT2D eigenvalue weighted by atomic mass is 10.0. The molecule has 0 bridgehead atoms. The largest absolute Gasteiger partial charge is 0.480 e. The Morgan fingerprint density at radius 2 is 0.696 bits per heavy atom. The molecule has 2 amide bonds. The first kappa shape index (κ1) is 72.2. The highest BCUT2D eigenvalue weighted by Gasteiger charge is 2.38. The Bertz CT molecular complexity index is 3910. The van der Waals surface area contributed by atoms with Gasteiger partial charge in [0.15, 0.2) is 30.5 Å². The molecule has 9 atom stereocenters. The zero-order valence-electron chi connectivity index (χ0n) is 56.5. The Labute approximate surface area is 590 Å². The second kappa shape index (κ2) is 33.9. The van der Waals surface area contributed by atoms with Crippen molar-refractivity contribution in [2.45, 2.75) is 99.8 Å². The number of benzene rings is 8. The van der Waals surface area contributed by atoms with Gasteiger partial charge in [-0.05, 0) is 94.3 Å². The molecular weight excluding hydrogens is 1300 g/mol. The van der Waals surface area contributed by atoms with Crippen LogP contribution in [0.3, 0.4) is 0 Å². The van der Waals surface area contributed by atoms with Gasteiger partial charge >= 0.3 is 23.9 Å². The summed E-state index contributed by atoms with van der Waals surface area (Å²) in [4.78, 5) is 76.6. The highest BCUT2D eigenvalue weighted by molar-refractivity contribution is 5.91. The van der Waals surface area contributed by atoms with Crippen LogP contribution in [-0.2, 0) is 56.1 Å². The fourth-order valence-electron chi connectivity index (χ4n) is 13.1. The van der Waals surface area contributed by atoms with Gasteiger partial charge in [0.2, 0.25) is 5.76 Å². The lowest BCUT2D eigenvalue weighted by molar-refractivity contribution is -0.145. The van der Waals surface area contributed by atoms with Gasteiger partial charge in [-0.15, -0.1) is 0 Å². The van der Waals surface area contributed by atoms with Crippen LogP contribution in [0.15, 0.2) is 217 Å². The molecule has 0 aliphatic carbocycles. The molecule has 0 radical (unpaired) electrons. The molecule has 0 saturated carbocycles. The van der Waals surface area contributed by atoms with Crippen molar-refractivity contribution in [3.63, 3.8) is 0 Å². The second-order valence-corrected chi connectivity index (χ2v) is 25.7. The SMILES string of the molecule is CN(C(=O)[C@@H]1Cc2ccccc2O1)[C@H](CN1CC[C@H](O)C1)c1ccccc1.CN(C(=O)[C@H]1Cc2ccccc2O1)[C@H](CN1CC[C@H](O)C1)c1ccccc1.O=C(O)C1Cc2ccccc2O1.O=C(O)[C@@H]1Cc2ccccc2O1.O=C(O)[C@H]1Cc2ccccc2O1.O=C(O)c1cc2ccccc2o1. The Kier molecular flexibility index (Phi) is 24.0. The number of β-amino-alcohol motifs (C(OH)–C–C–N with tert-alkyl or cyclic N) is 2. The van der Waals surface area contributed by atoms with E-state index in [0.29, 0.717) is 81.1 Å². The molecule has 8 aromatic carbocycles. The van der Waals surface area contributed by atoms with Gasteiger partial charge in [0.05, 0.1) is 24.3 Å². The van der Waals surface area contributed by atoms with Crippen LogP contribution in [0.1, 0.15) is 74.4 Å². The molecule has 2 saturated heterocycles. The van der Waals surface area contributed by atoms with Crippen molar-refractivity contribution >= 4 is 46.7 Å². The van der Waals surface area contributed by atoms with Crippen LogP contribution in [0.4, 0.5) is 0 Å². The van der Waals surface area contributed by atoms with Crippen molar-refractivity contribution in [2.24, 2.45) is 0 Å².